The number of nitrogens with zero attached hydrogens (tertiary/aromatic N) is 3. The van der Waals surface area contributed by atoms with Gasteiger partial charge < -0.3 is 4.90 Å². The van der Waals surface area contributed by atoms with Gasteiger partial charge in [-0.3, -0.25) is 9.89 Å². The SMILES string of the molecule is CC(C)c1cc(C2CCN(C(=O)c3cc(F)cc(C#N)c3)CC2)[nH]n1. The topological polar surface area (TPSA) is 72.8 Å². The van der Waals surface area contributed by atoms with Crippen LogP contribution in [0.1, 0.15) is 65.8 Å². The molecule has 1 aromatic heterocycles. The number of benzene rings is 1. The Morgan fingerprint density at radius 1 is 1.32 bits per heavy atom. The number of carbonyl (C=O) groups excluding carboxylic acids is 1. The first kappa shape index (κ1) is 17.2. The Hall–Kier alpha value is -2.68. The molecule has 130 valence electrons. The van der Waals surface area contributed by atoms with Gasteiger partial charge in [-0.2, -0.15) is 10.4 Å². The molecular formula is C19H21FN4O. The summed E-state index contributed by atoms with van der Waals surface area (Å²) >= 11 is 0. The minimum absolute atomic E-state index is 0.164. The van der Waals surface area contributed by atoms with Crippen molar-refractivity contribution in [3.05, 3.63) is 52.6 Å². The molecule has 1 aliphatic rings. The van der Waals surface area contributed by atoms with E-state index in [1.165, 1.54) is 12.1 Å². The third kappa shape index (κ3) is 3.71. The summed E-state index contributed by atoms with van der Waals surface area (Å²) in [5, 5.41) is 16.4. The number of carbonyl (C=O) groups is 1. The van der Waals surface area contributed by atoms with Crippen LogP contribution in [-0.2, 0) is 0 Å². The predicted octanol–water partition coefficient (Wildman–Crippen LogP) is 3.56. The zero-order chi connectivity index (χ0) is 18.0. The normalized spacial score (nSPS) is 15.4. The summed E-state index contributed by atoms with van der Waals surface area (Å²) in [7, 11) is 0. The van der Waals surface area contributed by atoms with Crippen LogP contribution in [0.15, 0.2) is 24.3 Å². The van der Waals surface area contributed by atoms with Crippen LogP contribution in [0, 0.1) is 17.1 Å². The van der Waals surface area contributed by atoms with Crippen LogP contribution in [0.2, 0.25) is 0 Å². The Morgan fingerprint density at radius 3 is 2.64 bits per heavy atom. The number of aromatic amines is 1. The highest BCUT2D eigenvalue weighted by Crippen LogP contribution is 2.29. The number of piperidine rings is 1. The molecule has 25 heavy (non-hydrogen) atoms. The second-order valence-corrected chi connectivity index (χ2v) is 6.81. The lowest BCUT2D eigenvalue weighted by Crippen LogP contribution is -2.38. The quantitative estimate of drug-likeness (QED) is 0.928. The fourth-order valence-electron chi connectivity index (χ4n) is 3.21. The van der Waals surface area contributed by atoms with E-state index in [9.17, 15) is 9.18 Å². The molecule has 1 saturated heterocycles. The highest BCUT2D eigenvalue weighted by molar-refractivity contribution is 5.94. The van der Waals surface area contributed by atoms with E-state index in [-0.39, 0.29) is 17.0 Å². The molecule has 0 saturated carbocycles. The molecule has 0 atom stereocenters. The Balaban J connectivity index is 1.66. The third-order valence-corrected chi connectivity index (χ3v) is 4.70. The first-order valence-corrected chi connectivity index (χ1v) is 8.53. The average molecular weight is 340 g/mol. The van der Waals surface area contributed by atoms with Gasteiger partial charge in [-0.25, -0.2) is 4.39 Å². The van der Waals surface area contributed by atoms with Crippen LogP contribution >= 0.6 is 0 Å². The molecule has 6 heteroatoms. The third-order valence-electron chi connectivity index (χ3n) is 4.70. The van der Waals surface area contributed by atoms with E-state index in [1.807, 2.05) is 6.07 Å². The first-order chi connectivity index (χ1) is 12.0. The van der Waals surface area contributed by atoms with E-state index in [2.05, 4.69) is 30.1 Å². The standard InChI is InChI=1S/C19H21FN4O/c1-12(2)17-10-18(23-22-17)14-3-5-24(6-4-14)19(25)15-7-13(11-21)8-16(20)9-15/h7-10,12,14H,3-6H2,1-2H3,(H,22,23). The summed E-state index contributed by atoms with van der Waals surface area (Å²) in [4.78, 5) is 14.3. The molecule has 3 rings (SSSR count). The zero-order valence-corrected chi connectivity index (χ0v) is 14.4. The number of nitrogens with one attached hydrogen (secondary N) is 1. The molecule has 1 aromatic carbocycles. The molecule has 0 aliphatic carbocycles. The van der Waals surface area contributed by atoms with Crippen molar-refractivity contribution >= 4 is 5.91 Å². The maximum atomic E-state index is 13.6. The van der Waals surface area contributed by atoms with Crippen LogP contribution in [0.3, 0.4) is 0 Å². The number of likely N-dealkylation sites (tertiary alicyclic amines) is 1. The molecule has 0 bridgehead atoms. The number of halogens is 1. The highest BCUT2D eigenvalue weighted by Gasteiger charge is 2.26. The molecule has 0 spiro atoms. The molecule has 5 nitrogen and oxygen atoms in total. The van der Waals surface area contributed by atoms with E-state index in [1.54, 1.807) is 4.90 Å². The van der Waals surface area contributed by atoms with E-state index >= 15 is 0 Å². The molecule has 2 aromatic rings. The van der Waals surface area contributed by atoms with Crippen molar-refractivity contribution in [2.75, 3.05) is 13.1 Å². The van der Waals surface area contributed by atoms with Crippen molar-refractivity contribution in [3.8, 4) is 6.07 Å². The van der Waals surface area contributed by atoms with Gasteiger partial charge in [0.2, 0.25) is 0 Å². The number of aromatic nitrogens is 2. The maximum Gasteiger partial charge on any atom is 0.254 e. The van der Waals surface area contributed by atoms with Gasteiger partial charge in [0.1, 0.15) is 5.82 Å². The highest BCUT2D eigenvalue weighted by atomic mass is 19.1. The largest absolute Gasteiger partial charge is 0.339 e. The first-order valence-electron chi connectivity index (χ1n) is 8.53. The number of hydrogen-bond acceptors (Lipinski definition) is 3. The van der Waals surface area contributed by atoms with Gasteiger partial charge in [0.15, 0.2) is 0 Å². The molecule has 0 radical (unpaired) electrons. The Labute approximate surface area is 146 Å². The summed E-state index contributed by atoms with van der Waals surface area (Å²) in [5.41, 5.74) is 2.57. The van der Waals surface area contributed by atoms with Gasteiger partial charge in [0.05, 0.1) is 17.3 Å². The predicted molar refractivity (Wildman–Crippen MR) is 91.7 cm³/mol. The van der Waals surface area contributed by atoms with Crippen molar-refractivity contribution in [2.45, 2.75) is 38.5 Å². The fraction of sp³-hybridized carbons (Fsp3) is 0.421. The number of hydrogen-bond donors (Lipinski definition) is 1. The lowest BCUT2D eigenvalue weighted by molar-refractivity contribution is 0.0711. The Kier molecular flexibility index (Phi) is 4.84. The van der Waals surface area contributed by atoms with E-state index in [0.29, 0.717) is 24.9 Å². The van der Waals surface area contributed by atoms with Crippen LogP contribution in [-0.4, -0.2) is 34.1 Å². The van der Waals surface area contributed by atoms with Crippen molar-refractivity contribution in [3.63, 3.8) is 0 Å². The zero-order valence-electron chi connectivity index (χ0n) is 14.4. The summed E-state index contributed by atoms with van der Waals surface area (Å²) in [6, 6.07) is 7.77. The van der Waals surface area contributed by atoms with Gasteiger partial charge in [0.25, 0.3) is 5.91 Å². The van der Waals surface area contributed by atoms with Crippen molar-refractivity contribution in [1.29, 1.82) is 5.26 Å². The molecular weight excluding hydrogens is 319 g/mol. The van der Waals surface area contributed by atoms with Crippen LogP contribution < -0.4 is 0 Å². The molecule has 2 heterocycles. The van der Waals surface area contributed by atoms with Crippen molar-refractivity contribution < 1.29 is 9.18 Å². The van der Waals surface area contributed by atoms with E-state index in [4.69, 9.17) is 5.26 Å². The van der Waals surface area contributed by atoms with Gasteiger partial charge in [-0.15, -0.1) is 0 Å². The van der Waals surface area contributed by atoms with E-state index in [0.717, 1.165) is 30.3 Å². The lowest BCUT2D eigenvalue weighted by atomic mass is 9.92. The second kappa shape index (κ2) is 7.06. The van der Waals surface area contributed by atoms with E-state index < -0.39 is 5.82 Å². The summed E-state index contributed by atoms with van der Waals surface area (Å²) < 4.78 is 13.6. The van der Waals surface area contributed by atoms with Crippen LogP contribution in [0.25, 0.3) is 0 Å². The minimum Gasteiger partial charge on any atom is -0.339 e. The van der Waals surface area contributed by atoms with Gasteiger partial charge >= 0.3 is 0 Å². The van der Waals surface area contributed by atoms with Gasteiger partial charge in [-0.1, -0.05) is 13.8 Å². The fourth-order valence-corrected chi connectivity index (χ4v) is 3.21. The van der Waals surface area contributed by atoms with Crippen molar-refractivity contribution in [1.82, 2.24) is 15.1 Å². The average Bonchev–Trinajstić information content (AvgIpc) is 3.11. The molecule has 1 aliphatic heterocycles. The van der Waals surface area contributed by atoms with Crippen molar-refractivity contribution in [2.24, 2.45) is 0 Å². The number of H-pyrrole nitrogens is 1. The van der Waals surface area contributed by atoms with Crippen LogP contribution in [0.5, 0.6) is 0 Å². The molecule has 1 fully saturated rings. The van der Waals surface area contributed by atoms with Gasteiger partial charge in [0, 0.05) is 30.3 Å². The summed E-state index contributed by atoms with van der Waals surface area (Å²) in [6.45, 7) is 5.43. The summed E-state index contributed by atoms with van der Waals surface area (Å²) in [5.74, 6) is -0.0434. The molecule has 1 N–H and O–H groups in total. The summed E-state index contributed by atoms with van der Waals surface area (Å²) in [6.07, 6.45) is 1.68. The number of amides is 1. The number of nitriles is 1. The molecule has 1 amide bonds. The smallest absolute Gasteiger partial charge is 0.254 e. The number of rotatable bonds is 3. The maximum absolute atomic E-state index is 13.6. The van der Waals surface area contributed by atoms with Gasteiger partial charge in [-0.05, 0) is 43.0 Å². The Morgan fingerprint density at radius 2 is 2.04 bits per heavy atom. The minimum atomic E-state index is -0.559. The molecule has 0 unspecified atom stereocenters. The Bertz CT molecular complexity index is 813. The second-order valence-electron chi connectivity index (χ2n) is 6.81. The lowest BCUT2D eigenvalue weighted by Gasteiger charge is -2.31. The monoisotopic (exact) mass is 340 g/mol. The van der Waals surface area contributed by atoms with Crippen LogP contribution in [0.4, 0.5) is 4.39 Å².